The van der Waals surface area contributed by atoms with Crippen molar-refractivity contribution in [2.24, 2.45) is 5.92 Å². The minimum atomic E-state index is -0.917. The van der Waals surface area contributed by atoms with Gasteiger partial charge in [0.2, 0.25) is 5.95 Å². The molecule has 6 N–H and O–H groups in total. The summed E-state index contributed by atoms with van der Waals surface area (Å²) in [4.78, 5) is 36.5. The number of aliphatic hydroxyl groups is 1. The Morgan fingerprint density at radius 3 is 2.48 bits per heavy atom. The highest BCUT2D eigenvalue weighted by Gasteiger charge is 2.28. The zero-order valence-corrected chi connectivity index (χ0v) is 19.7. The summed E-state index contributed by atoms with van der Waals surface area (Å²) in [6.45, 7) is 6.24. The van der Waals surface area contributed by atoms with Gasteiger partial charge >= 0.3 is 0 Å². The normalized spacial score (nSPS) is 17.3. The van der Waals surface area contributed by atoms with Gasteiger partial charge in [-0.1, -0.05) is 19.9 Å². The first-order valence-electron chi connectivity index (χ1n) is 9.79. The van der Waals surface area contributed by atoms with E-state index in [0.29, 0.717) is 17.8 Å². The summed E-state index contributed by atoms with van der Waals surface area (Å²) < 4.78 is 8.11. The van der Waals surface area contributed by atoms with Crippen LogP contribution in [0.1, 0.15) is 46.3 Å². The third-order valence-electron chi connectivity index (χ3n) is 4.08. The van der Waals surface area contributed by atoms with Crippen molar-refractivity contribution in [2.45, 2.75) is 52.4 Å². The van der Waals surface area contributed by atoms with E-state index in [0.717, 1.165) is 43.8 Å². The maximum atomic E-state index is 9.32. The van der Waals surface area contributed by atoms with E-state index in [-0.39, 0.29) is 12.2 Å². The van der Waals surface area contributed by atoms with E-state index in [1.807, 2.05) is 4.57 Å². The van der Waals surface area contributed by atoms with Gasteiger partial charge in [0.25, 0.3) is 0 Å². The van der Waals surface area contributed by atoms with E-state index in [1.165, 1.54) is 6.08 Å². The Kier molecular flexibility index (Phi) is 15.4. The lowest BCUT2D eigenvalue weighted by Crippen LogP contribution is -2.13. The van der Waals surface area contributed by atoms with Crippen molar-refractivity contribution in [3.05, 3.63) is 18.5 Å². The van der Waals surface area contributed by atoms with Crippen LogP contribution in [-0.2, 0) is 9.53 Å². The number of aliphatic hydroxyl groups excluding tert-OH is 1. The number of hydrogen-bond donors (Lipinski definition) is 5. The SMILES string of the molecule is CC=CC=O.CNc1nc(N)nc2c1ncn2C1CC[C@@H](CC(C)C)O1.CO.OPO. The monoisotopic (exact) mass is 458 g/mol. The number of nitrogen functional groups attached to an aromatic ring is 1. The largest absolute Gasteiger partial charge is 0.400 e. The molecule has 0 bridgehead atoms. The molecule has 0 saturated carbocycles. The van der Waals surface area contributed by atoms with Crippen LogP contribution in [0.4, 0.5) is 11.8 Å². The fourth-order valence-electron chi connectivity index (χ4n) is 2.99. The highest BCUT2D eigenvalue weighted by atomic mass is 31.1. The minimum Gasteiger partial charge on any atom is -0.400 e. The molecule has 2 aromatic heterocycles. The van der Waals surface area contributed by atoms with E-state index in [2.05, 4.69) is 34.1 Å². The van der Waals surface area contributed by atoms with Gasteiger partial charge in [0.1, 0.15) is 21.5 Å². The fourth-order valence-corrected chi connectivity index (χ4v) is 2.99. The van der Waals surface area contributed by atoms with Crippen LogP contribution < -0.4 is 11.1 Å². The third-order valence-corrected chi connectivity index (χ3v) is 4.08. The lowest BCUT2D eigenvalue weighted by atomic mass is 10.0. The van der Waals surface area contributed by atoms with Gasteiger partial charge in [-0.25, -0.2) is 4.98 Å². The second-order valence-electron chi connectivity index (χ2n) is 6.69. The van der Waals surface area contributed by atoms with E-state index >= 15 is 0 Å². The smallest absolute Gasteiger partial charge is 0.224 e. The highest BCUT2D eigenvalue weighted by molar-refractivity contribution is 7.23. The molecule has 1 aliphatic heterocycles. The Morgan fingerprint density at radius 2 is 2.00 bits per heavy atom. The number of rotatable bonds is 5. The van der Waals surface area contributed by atoms with Crippen molar-refractivity contribution < 1.29 is 24.4 Å². The summed E-state index contributed by atoms with van der Waals surface area (Å²) in [5.74, 6) is 1.53. The summed E-state index contributed by atoms with van der Waals surface area (Å²) in [6.07, 6.45) is 9.08. The van der Waals surface area contributed by atoms with Gasteiger partial charge in [-0.2, -0.15) is 9.97 Å². The Hall–Kier alpha value is -2.17. The van der Waals surface area contributed by atoms with Gasteiger partial charge in [0.05, 0.1) is 12.4 Å². The second kappa shape index (κ2) is 16.5. The molecule has 31 heavy (non-hydrogen) atoms. The summed E-state index contributed by atoms with van der Waals surface area (Å²) in [6, 6.07) is 0. The lowest BCUT2D eigenvalue weighted by Gasteiger charge is -2.16. The maximum absolute atomic E-state index is 9.32. The Bertz CT molecular complexity index is 786. The third kappa shape index (κ3) is 9.67. The Balaban J connectivity index is 0.000000768. The van der Waals surface area contributed by atoms with Crippen molar-refractivity contribution in [3.8, 4) is 0 Å². The van der Waals surface area contributed by atoms with Gasteiger partial charge in [-0.15, -0.1) is 0 Å². The summed E-state index contributed by atoms with van der Waals surface area (Å²) in [7, 11) is 1.88. The maximum Gasteiger partial charge on any atom is 0.224 e. The van der Waals surface area contributed by atoms with Crippen LogP contribution in [0.2, 0.25) is 0 Å². The lowest BCUT2D eigenvalue weighted by molar-refractivity contribution is -0.104. The molecule has 0 aromatic carbocycles. The van der Waals surface area contributed by atoms with Crippen LogP contribution in [0, 0.1) is 5.92 Å². The average Bonchev–Trinajstić information content (AvgIpc) is 3.37. The van der Waals surface area contributed by atoms with Crippen molar-refractivity contribution in [1.29, 1.82) is 0 Å². The molecule has 1 aliphatic rings. The zero-order valence-electron chi connectivity index (χ0n) is 18.7. The number of ether oxygens (including phenoxy) is 1. The van der Waals surface area contributed by atoms with Gasteiger partial charge < -0.3 is 30.7 Å². The number of imidazole rings is 1. The quantitative estimate of drug-likeness (QED) is 0.254. The summed E-state index contributed by atoms with van der Waals surface area (Å²) in [5, 5.41) is 10.0. The predicted molar refractivity (Wildman–Crippen MR) is 124 cm³/mol. The number of allylic oxidation sites excluding steroid dienone is 2. The second-order valence-corrected chi connectivity index (χ2v) is 6.89. The van der Waals surface area contributed by atoms with Crippen LogP contribution in [0.25, 0.3) is 11.2 Å². The van der Waals surface area contributed by atoms with Crippen molar-refractivity contribution in [1.82, 2.24) is 19.5 Å². The molecule has 3 rings (SSSR count). The number of aromatic nitrogens is 4. The molecule has 0 radical (unpaired) electrons. The zero-order chi connectivity index (χ0) is 23.8. The number of fused-ring (bicyclic) bond motifs is 1. The summed E-state index contributed by atoms with van der Waals surface area (Å²) in [5.41, 5.74) is 7.22. The minimum absolute atomic E-state index is 0.0160. The molecule has 1 unspecified atom stereocenters. The number of aldehydes is 1. The Morgan fingerprint density at radius 1 is 1.35 bits per heavy atom. The molecular weight excluding hydrogens is 423 g/mol. The predicted octanol–water partition coefficient (Wildman–Crippen LogP) is 2.02. The van der Waals surface area contributed by atoms with E-state index in [1.54, 1.807) is 26.4 Å². The van der Waals surface area contributed by atoms with E-state index in [4.69, 9.17) is 25.4 Å². The molecule has 176 valence electrons. The van der Waals surface area contributed by atoms with Crippen LogP contribution >= 0.6 is 9.03 Å². The first-order chi connectivity index (χ1) is 14.9. The van der Waals surface area contributed by atoms with Gasteiger partial charge in [-0.3, -0.25) is 9.36 Å². The van der Waals surface area contributed by atoms with Crippen molar-refractivity contribution >= 4 is 38.3 Å². The fraction of sp³-hybridized carbons (Fsp3) is 0.579. The molecule has 11 nitrogen and oxygen atoms in total. The van der Waals surface area contributed by atoms with Crippen LogP contribution in [0.5, 0.6) is 0 Å². The number of nitrogens with two attached hydrogens (primary N) is 1. The topological polar surface area (TPSA) is 169 Å². The molecule has 1 fully saturated rings. The molecule has 3 heterocycles. The molecule has 2 atom stereocenters. The average molecular weight is 459 g/mol. The molecule has 0 amide bonds. The van der Waals surface area contributed by atoms with Crippen LogP contribution in [0.15, 0.2) is 18.5 Å². The molecule has 1 saturated heterocycles. The summed E-state index contributed by atoms with van der Waals surface area (Å²) >= 11 is 0. The van der Waals surface area contributed by atoms with Crippen LogP contribution in [-0.4, -0.2) is 61.0 Å². The highest BCUT2D eigenvalue weighted by Crippen LogP contribution is 2.33. The Labute approximate surface area is 184 Å². The van der Waals surface area contributed by atoms with E-state index in [9.17, 15) is 4.79 Å². The molecular formula is C19H35N6O5P. The number of nitrogens with one attached hydrogen (secondary N) is 1. The molecule has 0 spiro atoms. The van der Waals surface area contributed by atoms with Gasteiger partial charge in [0, 0.05) is 14.2 Å². The standard InChI is InChI=1S/C14H22N6O.C4H6O.CH4O.H3O2P/c1-8(2)6-9-4-5-10(21-9)20-7-17-11-12(16-3)18-14(15)19-13(11)20;1-2-3-4-5;1-2;1-3-2/h7-10H,4-6H2,1-3H3,(H3,15,16,18,19);2-4H,1H3;2H,1H3;1-3H/t9-,10?;;;/m0.../s1. The first-order valence-corrected chi connectivity index (χ1v) is 10.7. The number of nitrogens with zero attached hydrogens (tertiary/aromatic N) is 4. The van der Waals surface area contributed by atoms with Crippen molar-refractivity contribution in [2.75, 3.05) is 25.2 Å². The molecule has 2 aromatic rings. The first kappa shape index (κ1) is 28.8. The van der Waals surface area contributed by atoms with Crippen molar-refractivity contribution in [3.63, 3.8) is 0 Å². The van der Waals surface area contributed by atoms with Gasteiger partial charge in [0.15, 0.2) is 17.0 Å². The molecule has 0 aliphatic carbocycles. The van der Waals surface area contributed by atoms with E-state index < -0.39 is 9.03 Å². The number of hydrogen-bond acceptors (Lipinski definition) is 10. The number of anilines is 2. The molecule has 12 heteroatoms. The van der Waals surface area contributed by atoms with Gasteiger partial charge in [-0.05, 0) is 38.2 Å². The van der Waals surface area contributed by atoms with Crippen LogP contribution in [0.3, 0.4) is 0 Å². The number of carbonyl (C=O) groups excluding carboxylic acids is 1. The number of carbonyl (C=O) groups is 1.